The van der Waals surface area contributed by atoms with Gasteiger partial charge in [0.05, 0.1) is 10.8 Å². The van der Waals surface area contributed by atoms with Gasteiger partial charge < -0.3 is 5.32 Å². The van der Waals surface area contributed by atoms with E-state index in [1.807, 2.05) is 6.08 Å². The molecule has 3 rings (SSSR count). The summed E-state index contributed by atoms with van der Waals surface area (Å²) >= 11 is 0. The van der Waals surface area contributed by atoms with Crippen LogP contribution in [0.15, 0.2) is 41.3 Å². The van der Waals surface area contributed by atoms with Crippen molar-refractivity contribution in [2.24, 2.45) is 28.8 Å². The Labute approximate surface area is 176 Å². The van der Waals surface area contributed by atoms with Gasteiger partial charge in [0.15, 0.2) is 0 Å². The summed E-state index contributed by atoms with van der Waals surface area (Å²) in [5.41, 5.74) is 0.348. The van der Waals surface area contributed by atoms with E-state index in [4.69, 9.17) is 5.14 Å². The molecule has 4 atom stereocenters. The predicted octanol–water partition coefficient (Wildman–Crippen LogP) is 1.88. The Balaban J connectivity index is 1.78. The van der Waals surface area contributed by atoms with Gasteiger partial charge in [-0.2, -0.15) is 0 Å². The number of primary sulfonamides is 1. The van der Waals surface area contributed by atoms with Crippen molar-refractivity contribution in [1.29, 1.82) is 0 Å². The summed E-state index contributed by atoms with van der Waals surface area (Å²) in [7, 11) is -3.84. The second-order valence-electron chi connectivity index (χ2n) is 8.42. The highest BCUT2D eigenvalue weighted by atomic mass is 32.2. The molecule has 9 heteroatoms. The number of allylic oxidation sites excluding steroid dienone is 2. The summed E-state index contributed by atoms with van der Waals surface area (Å²) in [6.45, 7) is 5.63. The fourth-order valence-electron chi connectivity index (χ4n) is 4.18. The van der Waals surface area contributed by atoms with Crippen molar-refractivity contribution in [3.8, 4) is 0 Å². The van der Waals surface area contributed by atoms with E-state index in [-0.39, 0.29) is 35.0 Å². The number of amides is 3. The topological polar surface area (TPSA) is 127 Å². The summed E-state index contributed by atoms with van der Waals surface area (Å²) in [5.74, 6) is -1.47. The van der Waals surface area contributed by atoms with Crippen molar-refractivity contribution < 1.29 is 22.8 Å². The van der Waals surface area contributed by atoms with Crippen LogP contribution in [0.25, 0.3) is 0 Å². The quantitative estimate of drug-likeness (QED) is 0.523. The minimum absolute atomic E-state index is 0.0167. The molecule has 1 aliphatic heterocycles. The van der Waals surface area contributed by atoms with Gasteiger partial charge in [-0.1, -0.05) is 32.9 Å². The summed E-state index contributed by atoms with van der Waals surface area (Å²) in [5, 5.41) is 7.76. The molecule has 0 radical (unpaired) electrons. The smallest absolute Gasteiger partial charge is 0.247 e. The number of carbonyl (C=O) groups is 3. The van der Waals surface area contributed by atoms with Gasteiger partial charge in [-0.3, -0.25) is 19.3 Å². The molecule has 1 saturated heterocycles. The molecular formula is C21H27N3O5S. The van der Waals surface area contributed by atoms with Crippen LogP contribution in [0.4, 0.5) is 5.69 Å². The van der Waals surface area contributed by atoms with Crippen molar-refractivity contribution >= 4 is 33.4 Å². The number of hydrogen-bond acceptors (Lipinski definition) is 5. The molecule has 1 aromatic carbocycles. The number of sulfonamides is 1. The Morgan fingerprint density at radius 2 is 1.80 bits per heavy atom. The normalized spacial score (nSPS) is 25.2. The molecule has 0 unspecified atom stereocenters. The molecule has 3 N–H and O–H groups in total. The maximum Gasteiger partial charge on any atom is 0.247 e. The van der Waals surface area contributed by atoms with E-state index >= 15 is 0 Å². The zero-order valence-electron chi connectivity index (χ0n) is 17.2. The summed E-state index contributed by atoms with van der Waals surface area (Å²) in [6.07, 6.45) is 5.00. The first-order chi connectivity index (χ1) is 14.0. The highest BCUT2D eigenvalue weighted by Gasteiger charge is 2.48. The van der Waals surface area contributed by atoms with Crippen molar-refractivity contribution in [3.05, 3.63) is 36.4 Å². The maximum absolute atomic E-state index is 13.1. The average molecular weight is 434 g/mol. The second kappa shape index (κ2) is 8.31. The van der Waals surface area contributed by atoms with Gasteiger partial charge in [-0.25, -0.2) is 13.6 Å². The molecule has 30 heavy (non-hydrogen) atoms. The van der Waals surface area contributed by atoms with Crippen LogP contribution in [-0.4, -0.2) is 37.1 Å². The van der Waals surface area contributed by atoms with Crippen molar-refractivity contribution in [1.82, 2.24) is 4.90 Å². The number of hydrogen-bond donors (Lipinski definition) is 2. The zero-order chi connectivity index (χ0) is 22.2. The molecule has 162 valence electrons. The van der Waals surface area contributed by atoms with Gasteiger partial charge in [-0.05, 0) is 48.4 Å². The van der Waals surface area contributed by atoms with Crippen molar-refractivity contribution in [2.75, 3.05) is 5.32 Å². The Kier molecular flexibility index (Phi) is 6.14. The summed E-state index contributed by atoms with van der Waals surface area (Å²) in [4.78, 5) is 39.8. The lowest BCUT2D eigenvalue weighted by Crippen LogP contribution is -2.50. The Hall–Kier alpha value is -2.52. The fraction of sp³-hybridized carbons (Fsp3) is 0.476. The third kappa shape index (κ3) is 4.46. The van der Waals surface area contributed by atoms with Gasteiger partial charge in [-0.15, -0.1) is 0 Å². The van der Waals surface area contributed by atoms with E-state index in [1.54, 1.807) is 13.8 Å². The number of anilines is 1. The molecule has 0 aromatic heterocycles. The third-order valence-electron chi connectivity index (χ3n) is 5.69. The van der Waals surface area contributed by atoms with E-state index in [1.165, 1.54) is 24.3 Å². The Morgan fingerprint density at radius 3 is 2.30 bits per heavy atom. The van der Waals surface area contributed by atoms with Crippen LogP contribution in [0.3, 0.4) is 0 Å². The van der Waals surface area contributed by atoms with Gasteiger partial charge >= 0.3 is 0 Å². The average Bonchev–Trinajstić information content (AvgIpc) is 3.19. The van der Waals surface area contributed by atoms with E-state index in [0.717, 1.165) is 11.3 Å². The molecule has 2 aliphatic rings. The summed E-state index contributed by atoms with van der Waals surface area (Å²) in [6, 6.07) is 4.44. The van der Waals surface area contributed by atoms with Crippen LogP contribution in [0.5, 0.6) is 0 Å². The van der Waals surface area contributed by atoms with Crippen molar-refractivity contribution in [3.63, 3.8) is 0 Å². The van der Waals surface area contributed by atoms with Crippen LogP contribution in [0.2, 0.25) is 0 Å². The highest BCUT2D eigenvalue weighted by molar-refractivity contribution is 7.89. The van der Waals surface area contributed by atoms with Crippen LogP contribution < -0.4 is 10.5 Å². The number of rotatable bonds is 6. The summed E-state index contributed by atoms with van der Waals surface area (Å²) < 4.78 is 22.7. The first-order valence-electron chi connectivity index (χ1n) is 9.97. The third-order valence-corrected chi connectivity index (χ3v) is 6.62. The minimum Gasteiger partial charge on any atom is -0.324 e. The number of benzene rings is 1. The molecule has 0 saturated carbocycles. The molecule has 3 amide bonds. The number of carbonyl (C=O) groups excluding carboxylic acids is 3. The maximum atomic E-state index is 13.1. The van der Waals surface area contributed by atoms with E-state index in [0.29, 0.717) is 11.6 Å². The van der Waals surface area contributed by atoms with Crippen LogP contribution in [0, 0.1) is 23.7 Å². The van der Waals surface area contributed by atoms with E-state index in [9.17, 15) is 22.8 Å². The molecule has 8 nitrogen and oxygen atoms in total. The minimum atomic E-state index is -3.84. The Bertz CT molecular complexity index is 984. The number of imide groups is 1. The number of nitrogens with zero attached hydrogens (tertiary/aromatic N) is 1. The predicted molar refractivity (Wildman–Crippen MR) is 111 cm³/mol. The van der Waals surface area contributed by atoms with Gasteiger partial charge in [0.1, 0.15) is 6.04 Å². The lowest BCUT2D eigenvalue weighted by Gasteiger charge is -2.29. The molecule has 1 aliphatic carbocycles. The molecule has 0 bridgehead atoms. The first kappa shape index (κ1) is 22.2. The Morgan fingerprint density at radius 1 is 1.17 bits per heavy atom. The SMILES string of the molecule is CC(C)[C@@H](C(=O)Nc1ccc(S(N)(=O)=O)cc1)N1C(=O)C[C@H]([C@H]2C=C[C@@H](C)C2)C1=O. The fourth-order valence-corrected chi connectivity index (χ4v) is 4.70. The first-order valence-corrected chi connectivity index (χ1v) is 11.5. The monoisotopic (exact) mass is 433 g/mol. The van der Waals surface area contributed by atoms with Gasteiger partial charge in [0.25, 0.3) is 0 Å². The van der Waals surface area contributed by atoms with Crippen LogP contribution in [-0.2, 0) is 24.4 Å². The molecule has 1 heterocycles. The number of likely N-dealkylation sites (tertiary alicyclic amines) is 1. The lowest BCUT2D eigenvalue weighted by atomic mass is 9.89. The zero-order valence-corrected chi connectivity index (χ0v) is 18.1. The van der Waals surface area contributed by atoms with E-state index < -0.39 is 27.9 Å². The largest absolute Gasteiger partial charge is 0.324 e. The number of nitrogens with one attached hydrogen (secondary N) is 1. The number of nitrogens with two attached hydrogens (primary N) is 1. The molecular weight excluding hydrogens is 406 g/mol. The van der Waals surface area contributed by atoms with Crippen LogP contribution >= 0.6 is 0 Å². The van der Waals surface area contributed by atoms with Crippen molar-refractivity contribution in [2.45, 2.75) is 44.6 Å². The molecule has 1 fully saturated rings. The molecule has 0 spiro atoms. The van der Waals surface area contributed by atoms with Crippen LogP contribution in [0.1, 0.15) is 33.6 Å². The van der Waals surface area contributed by atoms with E-state index in [2.05, 4.69) is 18.3 Å². The molecule has 1 aromatic rings. The van der Waals surface area contributed by atoms with Gasteiger partial charge in [0.2, 0.25) is 27.7 Å². The second-order valence-corrected chi connectivity index (χ2v) is 9.98. The highest BCUT2D eigenvalue weighted by Crippen LogP contribution is 2.37. The van der Waals surface area contributed by atoms with Gasteiger partial charge in [0, 0.05) is 12.1 Å². The lowest BCUT2D eigenvalue weighted by molar-refractivity contribution is -0.147. The standard InChI is InChI=1S/C21H27N3O5S/c1-12(2)19(20(26)23-15-6-8-16(9-7-15)30(22,28)29)24-18(25)11-17(21(24)27)14-5-4-13(3)10-14/h4-9,12-14,17,19H,10-11H2,1-3H3,(H,23,26)(H2,22,28,29)/t13-,14+,17-,19+/m1/s1.